The van der Waals surface area contributed by atoms with E-state index in [2.05, 4.69) is 86.8 Å². The Bertz CT molecular complexity index is 1140. The lowest BCUT2D eigenvalue weighted by molar-refractivity contribution is -0.146. The first-order valence-corrected chi connectivity index (χ1v) is 17.1. The maximum absolute atomic E-state index is 12.4. The van der Waals surface area contributed by atoms with Crippen molar-refractivity contribution >= 4 is 24.7 Å². The first-order chi connectivity index (χ1) is 19.8. The third kappa shape index (κ3) is 8.16. The zero-order valence-corrected chi connectivity index (χ0v) is 26.2. The summed E-state index contributed by atoms with van der Waals surface area (Å²) in [6.07, 6.45) is 4.35. The van der Waals surface area contributed by atoms with Gasteiger partial charge in [0.05, 0.1) is 31.8 Å². The number of rotatable bonds is 13. The van der Waals surface area contributed by atoms with Crippen LogP contribution in [0.5, 0.6) is 0 Å². The predicted octanol–water partition coefficient (Wildman–Crippen LogP) is 6.00. The second-order valence-electron chi connectivity index (χ2n) is 12.0. The van der Waals surface area contributed by atoms with Crippen LogP contribution in [0.15, 0.2) is 91.0 Å². The van der Waals surface area contributed by atoms with Gasteiger partial charge in [-0.25, -0.2) is 0 Å². The molecule has 3 aromatic carbocycles. The van der Waals surface area contributed by atoms with Gasteiger partial charge in [0.25, 0.3) is 8.32 Å². The smallest absolute Gasteiger partial charge is 0.308 e. The number of ether oxygens (including phenoxy) is 2. The molecule has 1 aliphatic rings. The Morgan fingerprint density at radius 2 is 1.44 bits per heavy atom. The quantitative estimate of drug-likeness (QED) is 0.201. The van der Waals surface area contributed by atoms with Crippen LogP contribution in [0, 0.1) is 0 Å². The minimum absolute atomic E-state index is 0.0624. The van der Waals surface area contributed by atoms with Gasteiger partial charge >= 0.3 is 5.97 Å². The van der Waals surface area contributed by atoms with Gasteiger partial charge in [-0.3, -0.25) is 4.79 Å². The van der Waals surface area contributed by atoms with Crippen molar-refractivity contribution in [1.82, 2.24) is 5.32 Å². The SMILES string of the molecule is CCOC(=O)C[C@H](CN[C@@H]1CCCC[C@H]1O[Si](c1ccccc1)(c1ccccc1)C(C)(C)C)OCc1ccccc1. The van der Waals surface area contributed by atoms with Crippen LogP contribution < -0.4 is 15.7 Å². The molecule has 3 aromatic rings. The Morgan fingerprint density at radius 3 is 2.00 bits per heavy atom. The van der Waals surface area contributed by atoms with E-state index >= 15 is 0 Å². The molecule has 1 fully saturated rings. The average Bonchev–Trinajstić information content (AvgIpc) is 2.98. The highest BCUT2D eigenvalue weighted by atomic mass is 28.4. The lowest BCUT2D eigenvalue weighted by Gasteiger charge is -2.47. The van der Waals surface area contributed by atoms with Crippen molar-refractivity contribution in [3.8, 4) is 0 Å². The first-order valence-electron chi connectivity index (χ1n) is 15.2. The van der Waals surface area contributed by atoms with Crippen LogP contribution in [-0.4, -0.2) is 45.7 Å². The number of carbonyl (C=O) groups is 1. The predicted molar refractivity (Wildman–Crippen MR) is 169 cm³/mol. The van der Waals surface area contributed by atoms with Crippen molar-refractivity contribution in [1.29, 1.82) is 0 Å². The maximum atomic E-state index is 12.4. The lowest BCUT2D eigenvalue weighted by atomic mass is 9.92. The molecule has 0 aromatic heterocycles. The van der Waals surface area contributed by atoms with Crippen LogP contribution in [0.3, 0.4) is 0 Å². The number of hydrogen-bond acceptors (Lipinski definition) is 5. The van der Waals surface area contributed by atoms with Gasteiger partial charge in [-0.2, -0.15) is 0 Å². The Balaban J connectivity index is 1.56. The molecular formula is C35H47NO4Si. The molecular weight excluding hydrogens is 526 g/mol. The molecule has 5 nitrogen and oxygen atoms in total. The van der Waals surface area contributed by atoms with Crippen molar-refractivity contribution in [2.75, 3.05) is 13.2 Å². The molecule has 1 aliphatic carbocycles. The normalized spacial score (nSPS) is 18.5. The molecule has 0 radical (unpaired) electrons. The molecule has 0 amide bonds. The third-order valence-electron chi connectivity index (χ3n) is 8.08. The number of carbonyl (C=O) groups excluding carboxylic acids is 1. The first kappa shape index (κ1) is 31.2. The van der Waals surface area contributed by atoms with E-state index < -0.39 is 8.32 Å². The van der Waals surface area contributed by atoms with Gasteiger partial charge in [-0.05, 0) is 40.7 Å². The van der Waals surface area contributed by atoms with Crippen molar-refractivity contribution in [2.24, 2.45) is 0 Å². The van der Waals surface area contributed by atoms with E-state index in [0.29, 0.717) is 19.8 Å². The summed E-state index contributed by atoms with van der Waals surface area (Å²) in [6, 6.07) is 32.0. The fourth-order valence-corrected chi connectivity index (χ4v) is 10.8. The third-order valence-corrected chi connectivity index (χ3v) is 13.1. The number of esters is 1. The Hall–Kier alpha value is -2.77. The monoisotopic (exact) mass is 573 g/mol. The molecule has 0 aliphatic heterocycles. The van der Waals surface area contributed by atoms with E-state index in [1.165, 1.54) is 10.4 Å². The second kappa shape index (κ2) is 14.9. The summed E-state index contributed by atoms with van der Waals surface area (Å²) in [7, 11) is -2.68. The number of nitrogens with one attached hydrogen (secondary N) is 1. The molecule has 0 saturated heterocycles. The summed E-state index contributed by atoms with van der Waals surface area (Å²) in [5.74, 6) is -0.226. The summed E-state index contributed by atoms with van der Waals surface area (Å²) in [5, 5.41) is 6.32. The zero-order valence-electron chi connectivity index (χ0n) is 25.2. The van der Waals surface area contributed by atoms with Gasteiger partial charge < -0.3 is 19.2 Å². The van der Waals surface area contributed by atoms with Crippen LogP contribution >= 0.6 is 0 Å². The van der Waals surface area contributed by atoms with Crippen molar-refractivity contribution in [3.63, 3.8) is 0 Å². The van der Waals surface area contributed by atoms with Crippen LogP contribution in [-0.2, 0) is 25.3 Å². The fourth-order valence-electron chi connectivity index (χ4n) is 6.06. The second-order valence-corrected chi connectivity index (χ2v) is 16.3. The van der Waals surface area contributed by atoms with E-state index in [-0.39, 0.29) is 35.7 Å². The van der Waals surface area contributed by atoms with E-state index in [0.717, 1.165) is 31.2 Å². The van der Waals surface area contributed by atoms with Gasteiger partial charge in [0, 0.05) is 12.6 Å². The van der Waals surface area contributed by atoms with Gasteiger partial charge in [0.15, 0.2) is 0 Å². The molecule has 220 valence electrons. The molecule has 3 atom stereocenters. The highest BCUT2D eigenvalue weighted by Gasteiger charge is 2.52. The fraction of sp³-hybridized carbons (Fsp3) is 0.457. The van der Waals surface area contributed by atoms with Gasteiger partial charge in [-0.1, -0.05) is 125 Å². The number of hydrogen-bond donors (Lipinski definition) is 1. The highest BCUT2D eigenvalue weighted by molar-refractivity contribution is 6.99. The van der Waals surface area contributed by atoms with E-state index in [4.69, 9.17) is 13.9 Å². The Labute approximate surface area is 247 Å². The molecule has 41 heavy (non-hydrogen) atoms. The maximum Gasteiger partial charge on any atom is 0.308 e. The van der Waals surface area contributed by atoms with Crippen molar-refractivity contribution in [3.05, 3.63) is 96.6 Å². The molecule has 0 bridgehead atoms. The van der Waals surface area contributed by atoms with Gasteiger partial charge in [0.1, 0.15) is 0 Å². The van der Waals surface area contributed by atoms with Crippen molar-refractivity contribution < 1.29 is 18.7 Å². The molecule has 1 saturated carbocycles. The molecule has 6 heteroatoms. The standard InChI is InChI=1S/C35H47NO4Si/c1-5-38-34(37)25-29(39-27-28-17-9-6-10-18-28)26-36-32-23-15-16-24-33(32)40-41(35(2,3)4,30-19-11-7-12-20-30)31-21-13-8-14-22-31/h6-14,17-22,29,32-33,36H,5,15-16,23-27H2,1-4H3/t29-,32-,33-/m1/s1. The van der Waals surface area contributed by atoms with Crippen molar-refractivity contribution in [2.45, 2.75) is 89.7 Å². The Morgan fingerprint density at radius 1 is 0.878 bits per heavy atom. The largest absolute Gasteiger partial charge is 0.466 e. The minimum Gasteiger partial charge on any atom is -0.466 e. The topological polar surface area (TPSA) is 56.8 Å². The average molecular weight is 574 g/mol. The molecule has 1 N–H and O–H groups in total. The van der Waals surface area contributed by atoms with E-state index in [1.54, 1.807) is 0 Å². The summed E-state index contributed by atoms with van der Waals surface area (Å²) in [4.78, 5) is 12.4. The van der Waals surface area contributed by atoms with Crippen LogP contribution in [0.4, 0.5) is 0 Å². The summed E-state index contributed by atoms with van der Waals surface area (Å²) < 4.78 is 19.1. The number of benzene rings is 3. The van der Waals surface area contributed by atoms with Gasteiger partial charge in [0.2, 0.25) is 0 Å². The molecule has 4 rings (SSSR count). The zero-order chi connectivity index (χ0) is 29.1. The lowest BCUT2D eigenvalue weighted by Crippen LogP contribution is -2.69. The Kier molecular flexibility index (Phi) is 11.3. The van der Waals surface area contributed by atoms with E-state index in [1.807, 2.05) is 37.3 Å². The molecule has 0 unspecified atom stereocenters. The summed E-state index contributed by atoms with van der Waals surface area (Å²) in [5.41, 5.74) is 1.09. The van der Waals surface area contributed by atoms with E-state index in [9.17, 15) is 4.79 Å². The van der Waals surface area contributed by atoms with Crippen LogP contribution in [0.25, 0.3) is 0 Å². The molecule has 0 spiro atoms. The van der Waals surface area contributed by atoms with Gasteiger partial charge in [-0.15, -0.1) is 0 Å². The van der Waals surface area contributed by atoms with Crippen LogP contribution in [0.2, 0.25) is 5.04 Å². The summed E-state index contributed by atoms with van der Waals surface area (Å²) in [6.45, 7) is 10.2. The summed E-state index contributed by atoms with van der Waals surface area (Å²) >= 11 is 0. The van der Waals surface area contributed by atoms with Crippen LogP contribution in [0.1, 0.15) is 65.4 Å². The minimum atomic E-state index is -2.68. The highest BCUT2D eigenvalue weighted by Crippen LogP contribution is 2.39. The molecule has 0 heterocycles.